The van der Waals surface area contributed by atoms with Gasteiger partial charge in [0.05, 0.1) is 24.7 Å². The number of hydrogen-bond donors (Lipinski definition) is 1. The van der Waals surface area contributed by atoms with E-state index in [0.29, 0.717) is 18.0 Å². The first-order valence-corrected chi connectivity index (χ1v) is 6.63. The molecule has 5 heteroatoms. The minimum Gasteiger partial charge on any atom is -0.494 e. The van der Waals surface area contributed by atoms with Crippen LogP contribution in [0.4, 0.5) is 10.3 Å². The molecule has 0 fully saturated rings. The van der Waals surface area contributed by atoms with Crippen molar-refractivity contribution in [1.82, 2.24) is 9.55 Å². The molecule has 2 aromatic carbocycles. The summed E-state index contributed by atoms with van der Waals surface area (Å²) < 4.78 is 20.6. The minimum absolute atomic E-state index is 0.188. The molecule has 0 bridgehead atoms. The molecule has 108 valence electrons. The smallest absolute Gasteiger partial charge is 0.201 e. The quantitative estimate of drug-likeness (QED) is 0.804. The third kappa shape index (κ3) is 2.42. The molecule has 0 atom stereocenters. The predicted octanol–water partition coefficient (Wildman–Crippen LogP) is 3.12. The second-order valence-electron chi connectivity index (χ2n) is 5.02. The Morgan fingerprint density at radius 2 is 1.95 bits per heavy atom. The van der Waals surface area contributed by atoms with Crippen molar-refractivity contribution < 1.29 is 9.13 Å². The molecule has 0 radical (unpaired) electrons. The van der Waals surface area contributed by atoms with Gasteiger partial charge in [-0.15, -0.1) is 0 Å². The van der Waals surface area contributed by atoms with Crippen molar-refractivity contribution in [2.24, 2.45) is 0 Å². The fraction of sp³-hybridized carbons (Fsp3) is 0.188. The van der Waals surface area contributed by atoms with Gasteiger partial charge in [-0.25, -0.2) is 9.37 Å². The van der Waals surface area contributed by atoms with Crippen LogP contribution in [0.1, 0.15) is 11.1 Å². The summed E-state index contributed by atoms with van der Waals surface area (Å²) in [6.07, 6.45) is 0. The minimum atomic E-state index is -0.440. The number of hydrogen-bond acceptors (Lipinski definition) is 3. The standard InChI is InChI=1S/C16H16FN3O/c1-10-3-5-11(6-4-10)9-20-14-8-15(21-2)12(17)7-13(14)19-16(20)18/h3-8H,9H2,1-2H3,(H2,18,19). The van der Waals surface area contributed by atoms with E-state index in [-0.39, 0.29) is 5.75 Å². The molecule has 1 aromatic heterocycles. The Morgan fingerprint density at radius 1 is 1.24 bits per heavy atom. The summed E-state index contributed by atoms with van der Waals surface area (Å²) in [4.78, 5) is 4.21. The van der Waals surface area contributed by atoms with Gasteiger partial charge in [-0.2, -0.15) is 0 Å². The molecule has 21 heavy (non-hydrogen) atoms. The summed E-state index contributed by atoms with van der Waals surface area (Å²) in [7, 11) is 1.44. The summed E-state index contributed by atoms with van der Waals surface area (Å²) in [5.41, 5.74) is 9.55. The van der Waals surface area contributed by atoms with Gasteiger partial charge in [0.2, 0.25) is 5.95 Å². The lowest BCUT2D eigenvalue weighted by Crippen LogP contribution is -2.04. The molecule has 0 saturated heterocycles. The fourth-order valence-corrected chi connectivity index (χ4v) is 2.34. The molecule has 1 heterocycles. The maximum absolute atomic E-state index is 13.7. The van der Waals surface area contributed by atoms with Crippen LogP contribution >= 0.6 is 0 Å². The number of ether oxygens (including phenoxy) is 1. The van der Waals surface area contributed by atoms with Crippen molar-refractivity contribution in [1.29, 1.82) is 0 Å². The molecular formula is C16H16FN3O. The van der Waals surface area contributed by atoms with Crippen LogP contribution in [-0.4, -0.2) is 16.7 Å². The Labute approximate surface area is 122 Å². The van der Waals surface area contributed by atoms with Crippen LogP contribution in [-0.2, 0) is 6.54 Å². The van der Waals surface area contributed by atoms with Crippen LogP contribution in [0.3, 0.4) is 0 Å². The van der Waals surface area contributed by atoms with Crippen LogP contribution < -0.4 is 10.5 Å². The van der Waals surface area contributed by atoms with Gasteiger partial charge in [0.25, 0.3) is 0 Å². The van der Waals surface area contributed by atoms with Crippen LogP contribution in [0, 0.1) is 12.7 Å². The Morgan fingerprint density at radius 3 is 2.62 bits per heavy atom. The van der Waals surface area contributed by atoms with Gasteiger partial charge < -0.3 is 15.0 Å². The highest BCUT2D eigenvalue weighted by atomic mass is 19.1. The van der Waals surface area contributed by atoms with Gasteiger partial charge in [0.15, 0.2) is 11.6 Å². The van der Waals surface area contributed by atoms with Crippen LogP contribution in [0.15, 0.2) is 36.4 Å². The van der Waals surface area contributed by atoms with E-state index >= 15 is 0 Å². The number of nitrogen functional groups attached to an aromatic ring is 1. The van der Waals surface area contributed by atoms with Crippen molar-refractivity contribution in [3.8, 4) is 5.75 Å². The van der Waals surface area contributed by atoms with E-state index in [2.05, 4.69) is 4.98 Å². The number of nitrogens with two attached hydrogens (primary N) is 1. The third-order valence-electron chi connectivity index (χ3n) is 3.51. The lowest BCUT2D eigenvalue weighted by atomic mass is 10.1. The Bertz CT molecular complexity index is 793. The number of halogens is 1. The number of imidazole rings is 1. The number of fused-ring (bicyclic) bond motifs is 1. The lowest BCUT2D eigenvalue weighted by Gasteiger charge is -2.08. The van der Waals surface area contributed by atoms with Gasteiger partial charge in [-0.3, -0.25) is 0 Å². The summed E-state index contributed by atoms with van der Waals surface area (Å²) in [5.74, 6) is 0.107. The van der Waals surface area contributed by atoms with Gasteiger partial charge in [-0.1, -0.05) is 29.8 Å². The SMILES string of the molecule is COc1cc2c(cc1F)nc(N)n2Cc1ccc(C)cc1. The normalized spacial score (nSPS) is 11.0. The maximum Gasteiger partial charge on any atom is 0.201 e. The van der Waals surface area contributed by atoms with Gasteiger partial charge in [0.1, 0.15) is 0 Å². The van der Waals surface area contributed by atoms with Gasteiger partial charge in [-0.05, 0) is 12.5 Å². The van der Waals surface area contributed by atoms with Crippen molar-refractivity contribution in [2.75, 3.05) is 12.8 Å². The van der Waals surface area contributed by atoms with E-state index in [9.17, 15) is 4.39 Å². The topological polar surface area (TPSA) is 53.1 Å². The number of rotatable bonds is 3. The van der Waals surface area contributed by atoms with E-state index < -0.39 is 5.82 Å². The van der Waals surface area contributed by atoms with E-state index in [4.69, 9.17) is 10.5 Å². The molecule has 0 amide bonds. The number of aryl methyl sites for hydroxylation is 1. The molecule has 0 spiro atoms. The van der Waals surface area contributed by atoms with Gasteiger partial charge in [0, 0.05) is 12.1 Å². The van der Waals surface area contributed by atoms with Crippen LogP contribution in [0.2, 0.25) is 0 Å². The average molecular weight is 285 g/mol. The van der Waals surface area contributed by atoms with Crippen LogP contribution in [0.5, 0.6) is 5.75 Å². The maximum atomic E-state index is 13.7. The Hall–Kier alpha value is -2.56. The monoisotopic (exact) mass is 285 g/mol. The molecule has 3 aromatic rings. The van der Waals surface area contributed by atoms with Crippen molar-refractivity contribution in [3.63, 3.8) is 0 Å². The Kier molecular flexibility index (Phi) is 3.25. The van der Waals surface area contributed by atoms with Crippen molar-refractivity contribution >= 4 is 17.0 Å². The van der Waals surface area contributed by atoms with Crippen molar-refractivity contribution in [2.45, 2.75) is 13.5 Å². The van der Waals surface area contributed by atoms with E-state index in [0.717, 1.165) is 11.1 Å². The third-order valence-corrected chi connectivity index (χ3v) is 3.51. The molecule has 0 aliphatic rings. The molecule has 0 unspecified atom stereocenters. The fourth-order valence-electron chi connectivity index (χ4n) is 2.34. The highest BCUT2D eigenvalue weighted by Gasteiger charge is 2.13. The second-order valence-corrected chi connectivity index (χ2v) is 5.02. The zero-order chi connectivity index (χ0) is 15.0. The first kappa shape index (κ1) is 13.4. The second kappa shape index (κ2) is 5.09. The summed E-state index contributed by atoms with van der Waals surface area (Å²) in [6, 6.07) is 11.1. The van der Waals surface area contributed by atoms with E-state index in [1.807, 2.05) is 35.8 Å². The average Bonchev–Trinajstić information content (AvgIpc) is 2.75. The first-order chi connectivity index (χ1) is 10.1. The molecule has 4 nitrogen and oxygen atoms in total. The number of benzene rings is 2. The number of anilines is 1. The Balaban J connectivity index is 2.08. The molecule has 0 saturated carbocycles. The van der Waals surface area contributed by atoms with E-state index in [1.54, 1.807) is 6.07 Å². The first-order valence-electron chi connectivity index (χ1n) is 6.63. The molecule has 0 aliphatic carbocycles. The zero-order valence-electron chi connectivity index (χ0n) is 11.9. The molecule has 3 rings (SSSR count). The van der Waals surface area contributed by atoms with Crippen molar-refractivity contribution in [3.05, 3.63) is 53.3 Å². The number of nitrogens with zero attached hydrogens (tertiary/aromatic N) is 2. The lowest BCUT2D eigenvalue weighted by molar-refractivity contribution is 0.387. The molecular weight excluding hydrogens is 269 g/mol. The molecule has 0 aliphatic heterocycles. The zero-order valence-corrected chi connectivity index (χ0v) is 11.9. The predicted molar refractivity (Wildman–Crippen MR) is 80.9 cm³/mol. The highest BCUT2D eigenvalue weighted by Crippen LogP contribution is 2.27. The number of methoxy groups -OCH3 is 1. The number of aromatic nitrogens is 2. The highest BCUT2D eigenvalue weighted by molar-refractivity contribution is 5.80. The van der Waals surface area contributed by atoms with E-state index in [1.165, 1.54) is 18.7 Å². The summed E-state index contributed by atoms with van der Waals surface area (Å²) >= 11 is 0. The van der Waals surface area contributed by atoms with Gasteiger partial charge >= 0.3 is 0 Å². The van der Waals surface area contributed by atoms with Crippen LogP contribution in [0.25, 0.3) is 11.0 Å². The largest absolute Gasteiger partial charge is 0.494 e. The summed E-state index contributed by atoms with van der Waals surface area (Å²) in [5, 5.41) is 0. The molecule has 2 N–H and O–H groups in total. The summed E-state index contributed by atoms with van der Waals surface area (Å²) in [6.45, 7) is 2.62.